The molecule has 1 fully saturated rings. The molecule has 0 unspecified atom stereocenters. The molecular weight excluding hydrogens is 390 g/mol. The van der Waals surface area contributed by atoms with Crippen molar-refractivity contribution in [3.8, 4) is 17.2 Å². The maximum atomic E-state index is 6.72. The van der Waals surface area contributed by atoms with Gasteiger partial charge in [-0.25, -0.2) is 5.01 Å². The van der Waals surface area contributed by atoms with Crippen LogP contribution in [0.4, 0.5) is 0 Å². The minimum atomic E-state index is -0.397. The Kier molecular flexibility index (Phi) is 5.05. The van der Waals surface area contributed by atoms with Gasteiger partial charge in [-0.15, -0.1) is 0 Å². The Balaban J connectivity index is 1.54. The summed E-state index contributed by atoms with van der Waals surface area (Å²) >= 11 is 0. The summed E-state index contributed by atoms with van der Waals surface area (Å²) in [7, 11) is 3.37. The van der Waals surface area contributed by atoms with Gasteiger partial charge >= 0.3 is 0 Å². The molecule has 31 heavy (non-hydrogen) atoms. The van der Waals surface area contributed by atoms with E-state index in [1.807, 2.05) is 12.1 Å². The molecule has 1 saturated heterocycles. The van der Waals surface area contributed by atoms with Gasteiger partial charge in [0.1, 0.15) is 17.2 Å². The zero-order valence-electron chi connectivity index (χ0n) is 18.8. The Morgan fingerprint density at radius 1 is 1.06 bits per heavy atom. The average molecular weight is 422 g/mol. The van der Waals surface area contributed by atoms with E-state index in [1.165, 1.54) is 5.56 Å². The number of piperidine rings is 1. The second-order valence-corrected chi connectivity index (χ2v) is 8.89. The number of para-hydroxylation sites is 1. The summed E-state index contributed by atoms with van der Waals surface area (Å²) in [5.41, 5.74) is 2.87. The molecule has 0 aromatic heterocycles. The third-order valence-corrected chi connectivity index (χ3v) is 6.94. The molecule has 0 saturated carbocycles. The van der Waals surface area contributed by atoms with Gasteiger partial charge in [-0.3, -0.25) is 0 Å². The average Bonchev–Trinajstić information content (AvgIpc) is 3.25. The highest BCUT2D eigenvalue weighted by atomic mass is 16.5. The van der Waals surface area contributed by atoms with Gasteiger partial charge in [-0.05, 0) is 32.0 Å². The Hall–Kier alpha value is -2.73. The SMILES string of the molecule is COc1ccc(C2=NN3[C@@H](C2)c2ccccc2OC32CCN(C(C)C)CC2)c(OC)c1. The Morgan fingerprint density at radius 3 is 2.55 bits per heavy atom. The molecule has 1 spiro atoms. The molecule has 6 nitrogen and oxygen atoms in total. The highest BCUT2D eigenvalue weighted by molar-refractivity contribution is 6.04. The van der Waals surface area contributed by atoms with Crippen LogP contribution in [0.15, 0.2) is 47.6 Å². The molecule has 2 aromatic carbocycles. The van der Waals surface area contributed by atoms with Gasteiger partial charge in [0.2, 0.25) is 5.72 Å². The van der Waals surface area contributed by atoms with Crippen LogP contribution in [-0.4, -0.2) is 54.7 Å². The van der Waals surface area contributed by atoms with Crippen molar-refractivity contribution >= 4 is 5.71 Å². The minimum absolute atomic E-state index is 0.178. The lowest BCUT2D eigenvalue weighted by Gasteiger charge is -2.51. The van der Waals surface area contributed by atoms with Crippen LogP contribution in [0, 0.1) is 0 Å². The van der Waals surface area contributed by atoms with Gasteiger partial charge < -0.3 is 19.1 Å². The smallest absolute Gasteiger partial charge is 0.200 e. The van der Waals surface area contributed by atoms with Crippen molar-refractivity contribution in [2.75, 3.05) is 27.3 Å². The lowest BCUT2D eigenvalue weighted by molar-refractivity contribution is -0.152. The standard InChI is InChI=1S/C25H31N3O3/c1-17(2)27-13-11-25(12-14-27)28-22(20-7-5-6-8-23(20)31-25)16-21(26-28)19-10-9-18(29-3)15-24(19)30-4/h5-10,15,17,22H,11-14,16H2,1-4H3/t22-/m0/s1. The third-order valence-electron chi connectivity index (χ3n) is 6.94. The zero-order valence-corrected chi connectivity index (χ0v) is 18.8. The van der Waals surface area contributed by atoms with Crippen LogP contribution in [0.2, 0.25) is 0 Å². The van der Waals surface area contributed by atoms with Crippen LogP contribution in [0.1, 0.15) is 50.3 Å². The number of rotatable bonds is 4. The molecule has 0 radical (unpaired) electrons. The van der Waals surface area contributed by atoms with Crippen molar-refractivity contribution in [1.82, 2.24) is 9.91 Å². The fourth-order valence-corrected chi connectivity index (χ4v) is 5.15. The van der Waals surface area contributed by atoms with Gasteiger partial charge in [0.15, 0.2) is 0 Å². The Labute approximate surface area is 184 Å². The fourth-order valence-electron chi connectivity index (χ4n) is 5.15. The molecule has 0 N–H and O–H groups in total. The molecule has 6 heteroatoms. The number of hydrogen-bond donors (Lipinski definition) is 0. The molecule has 3 aliphatic heterocycles. The first-order valence-corrected chi connectivity index (χ1v) is 11.2. The van der Waals surface area contributed by atoms with Crippen molar-refractivity contribution in [2.45, 2.75) is 50.9 Å². The van der Waals surface area contributed by atoms with Crippen LogP contribution < -0.4 is 14.2 Å². The van der Waals surface area contributed by atoms with E-state index >= 15 is 0 Å². The highest BCUT2D eigenvalue weighted by Crippen LogP contribution is 2.50. The fraction of sp³-hybridized carbons (Fsp3) is 0.480. The number of hydrazone groups is 1. The maximum Gasteiger partial charge on any atom is 0.200 e. The number of likely N-dealkylation sites (tertiary alicyclic amines) is 1. The van der Waals surface area contributed by atoms with Crippen molar-refractivity contribution in [2.24, 2.45) is 5.10 Å². The van der Waals surface area contributed by atoms with Crippen molar-refractivity contribution < 1.29 is 14.2 Å². The number of methoxy groups -OCH3 is 2. The lowest BCUT2D eigenvalue weighted by atomic mass is 9.90. The van der Waals surface area contributed by atoms with Crippen LogP contribution in [0.25, 0.3) is 0 Å². The molecule has 164 valence electrons. The van der Waals surface area contributed by atoms with Gasteiger partial charge in [0, 0.05) is 55.6 Å². The van der Waals surface area contributed by atoms with Crippen LogP contribution in [-0.2, 0) is 0 Å². The van der Waals surface area contributed by atoms with E-state index in [9.17, 15) is 0 Å². The maximum absolute atomic E-state index is 6.72. The monoisotopic (exact) mass is 421 g/mol. The summed E-state index contributed by atoms with van der Waals surface area (Å²) in [5, 5.41) is 7.43. The summed E-state index contributed by atoms with van der Waals surface area (Å²) in [6.07, 6.45) is 2.71. The van der Waals surface area contributed by atoms with Crippen molar-refractivity contribution in [3.63, 3.8) is 0 Å². The Morgan fingerprint density at radius 2 is 1.84 bits per heavy atom. The predicted octanol–water partition coefficient (Wildman–Crippen LogP) is 4.45. The highest BCUT2D eigenvalue weighted by Gasteiger charge is 2.52. The van der Waals surface area contributed by atoms with E-state index in [4.69, 9.17) is 19.3 Å². The molecule has 1 atom stereocenters. The van der Waals surface area contributed by atoms with Crippen molar-refractivity contribution in [1.29, 1.82) is 0 Å². The molecule has 3 heterocycles. The number of ether oxygens (including phenoxy) is 3. The van der Waals surface area contributed by atoms with Crippen LogP contribution >= 0.6 is 0 Å². The third kappa shape index (κ3) is 3.33. The molecular formula is C25H31N3O3. The predicted molar refractivity (Wildman–Crippen MR) is 121 cm³/mol. The summed E-state index contributed by atoms with van der Waals surface area (Å²) < 4.78 is 17.8. The van der Waals surface area contributed by atoms with Gasteiger partial charge in [0.05, 0.1) is 26.0 Å². The Bertz CT molecular complexity index is 995. The lowest BCUT2D eigenvalue weighted by Crippen LogP contribution is -2.59. The minimum Gasteiger partial charge on any atom is -0.497 e. The first-order chi connectivity index (χ1) is 15.0. The summed E-state index contributed by atoms with van der Waals surface area (Å²) in [4.78, 5) is 2.53. The first-order valence-electron chi connectivity index (χ1n) is 11.2. The summed E-state index contributed by atoms with van der Waals surface area (Å²) in [6, 6.07) is 15.1. The topological polar surface area (TPSA) is 46.5 Å². The normalized spacial score (nSPS) is 22.0. The quantitative estimate of drug-likeness (QED) is 0.730. The van der Waals surface area contributed by atoms with E-state index in [0.717, 1.165) is 60.9 Å². The number of hydrogen-bond acceptors (Lipinski definition) is 6. The van der Waals surface area contributed by atoms with Gasteiger partial charge in [-0.1, -0.05) is 18.2 Å². The van der Waals surface area contributed by atoms with E-state index in [-0.39, 0.29) is 6.04 Å². The van der Waals surface area contributed by atoms with E-state index in [1.54, 1.807) is 14.2 Å². The van der Waals surface area contributed by atoms with Crippen molar-refractivity contribution in [3.05, 3.63) is 53.6 Å². The van der Waals surface area contributed by atoms with E-state index in [2.05, 4.69) is 54.1 Å². The first kappa shape index (κ1) is 20.2. The molecule has 5 rings (SSSR count). The number of fused-ring (bicyclic) bond motifs is 4. The van der Waals surface area contributed by atoms with Gasteiger partial charge in [-0.2, -0.15) is 5.10 Å². The van der Waals surface area contributed by atoms with Gasteiger partial charge in [0.25, 0.3) is 0 Å². The van der Waals surface area contributed by atoms with Crippen LogP contribution in [0.5, 0.6) is 17.2 Å². The summed E-state index contributed by atoms with van der Waals surface area (Å²) in [6.45, 7) is 6.55. The molecule has 3 aliphatic rings. The molecule has 0 bridgehead atoms. The summed E-state index contributed by atoms with van der Waals surface area (Å²) in [5.74, 6) is 2.57. The van der Waals surface area contributed by atoms with E-state index < -0.39 is 5.72 Å². The second kappa shape index (κ2) is 7.75. The largest absolute Gasteiger partial charge is 0.497 e. The molecule has 0 aliphatic carbocycles. The molecule has 2 aromatic rings. The molecule has 0 amide bonds. The van der Waals surface area contributed by atoms with E-state index in [0.29, 0.717) is 6.04 Å². The number of benzene rings is 2. The zero-order chi connectivity index (χ0) is 21.6. The van der Waals surface area contributed by atoms with Crippen LogP contribution in [0.3, 0.4) is 0 Å². The number of nitrogens with zero attached hydrogens (tertiary/aromatic N) is 3. The second-order valence-electron chi connectivity index (χ2n) is 8.89.